The summed E-state index contributed by atoms with van der Waals surface area (Å²) in [6.07, 6.45) is 6.12. The molecule has 1 aromatic carbocycles. The summed E-state index contributed by atoms with van der Waals surface area (Å²) >= 11 is 0. The number of aromatic amines is 1. The highest BCUT2D eigenvalue weighted by atomic mass is 16.5. The van der Waals surface area contributed by atoms with Gasteiger partial charge in [-0.15, -0.1) is 0 Å². The summed E-state index contributed by atoms with van der Waals surface area (Å²) in [5.74, 6) is 0.363. The van der Waals surface area contributed by atoms with E-state index < -0.39 is 0 Å². The Morgan fingerprint density at radius 3 is 2.84 bits per heavy atom. The second kappa shape index (κ2) is 6.43. The summed E-state index contributed by atoms with van der Waals surface area (Å²) in [6, 6.07) is 10.7. The largest absolute Gasteiger partial charge is 0.488 e. The Labute approximate surface area is 143 Å². The number of carbonyl (C=O) groups excluding carboxylic acids is 1. The van der Waals surface area contributed by atoms with Crippen LogP contribution in [0.2, 0.25) is 0 Å². The van der Waals surface area contributed by atoms with E-state index in [2.05, 4.69) is 15.5 Å². The highest BCUT2D eigenvalue weighted by Gasteiger charge is 2.18. The van der Waals surface area contributed by atoms with E-state index in [1.807, 2.05) is 24.3 Å². The van der Waals surface area contributed by atoms with Crippen LogP contribution >= 0.6 is 0 Å². The minimum Gasteiger partial charge on any atom is -0.488 e. The van der Waals surface area contributed by atoms with Crippen molar-refractivity contribution in [3.63, 3.8) is 0 Å². The van der Waals surface area contributed by atoms with Crippen LogP contribution < -0.4 is 15.7 Å². The number of H-pyrrole nitrogens is 1. The normalized spacial score (nSPS) is 14.7. The molecule has 2 aromatic heterocycles. The predicted octanol–water partition coefficient (Wildman–Crippen LogP) is 2.60. The first-order valence-electron chi connectivity index (χ1n) is 8.34. The van der Waals surface area contributed by atoms with E-state index in [1.54, 1.807) is 12.1 Å². The minimum atomic E-state index is -0.380. The molecule has 4 rings (SSSR count). The molecule has 0 bridgehead atoms. The quantitative estimate of drug-likeness (QED) is 0.765. The number of fused-ring (bicyclic) bond motifs is 1. The molecule has 0 aliphatic heterocycles. The van der Waals surface area contributed by atoms with Crippen LogP contribution in [-0.4, -0.2) is 26.6 Å². The Kier molecular flexibility index (Phi) is 3.97. The second-order valence-corrected chi connectivity index (χ2v) is 6.15. The van der Waals surface area contributed by atoms with Gasteiger partial charge in [0.1, 0.15) is 5.75 Å². The number of carbonyl (C=O) groups is 1. The van der Waals surface area contributed by atoms with Gasteiger partial charge in [0.2, 0.25) is 0 Å². The molecule has 0 radical (unpaired) electrons. The molecule has 1 aliphatic rings. The summed E-state index contributed by atoms with van der Waals surface area (Å²) in [6.45, 7) is 0. The Bertz CT molecular complexity index is 970. The first kappa shape index (κ1) is 15.4. The number of hydrogen-bond donors (Lipinski definition) is 2. The summed E-state index contributed by atoms with van der Waals surface area (Å²) in [5, 5.41) is 9.06. The van der Waals surface area contributed by atoms with Crippen molar-refractivity contribution in [2.45, 2.75) is 31.8 Å². The van der Waals surface area contributed by atoms with E-state index in [9.17, 15) is 9.59 Å². The number of anilines is 1. The SMILES string of the molecule is O=C(Nc1ccccc1OC1CCCC1)c1ccc2n[nH]c(=O)n2c1. The van der Waals surface area contributed by atoms with Gasteiger partial charge < -0.3 is 10.1 Å². The number of ether oxygens (including phenoxy) is 1. The number of amides is 1. The highest BCUT2D eigenvalue weighted by molar-refractivity contribution is 6.05. The molecule has 1 saturated carbocycles. The van der Waals surface area contributed by atoms with Crippen molar-refractivity contribution in [1.29, 1.82) is 0 Å². The van der Waals surface area contributed by atoms with Crippen molar-refractivity contribution >= 4 is 17.2 Å². The highest BCUT2D eigenvalue weighted by Crippen LogP contribution is 2.30. The third-order valence-electron chi connectivity index (χ3n) is 4.41. The van der Waals surface area contributed by atoms with Gasteiger partial charge in [0, 0.05) is 6.20 Å². The molecular formula is C18H18N4O3. The lowest BCUT2D eigenvalue weighted by molar-refractivity contribution is 0.102. The molecule has 128 valence electrons. The van der Waals surface area contributed by atoms with Crippen LogP contribution in [0.1, 0.15) is 36.0 Å². The Balaban J connectivity index is 1.57. The van der Waals surface area contributed by atoms with Gasteiger partial charge in [-0.05, 0) is 49.9 Å². The molecule has 0 unspecified atom stereocenters. The smallest absolute Gasteiger partial charge is 0.347 e. The number of nitrogens with one attached hydrogen (secondary N) is 2. The molecule has 1 fully saturated rings. The lowest BCUT2D eigenvalue weighted by Gasteiger charge is -2.16. The maximum atomic E-state index is 12.6. The summed E-state index contributed by atoms with van der Waals surface area (Å²) < 4.78 is 7.34. The molecule has 0 spiro atoms. The van der Waals surface area contributed by atoms with Crippen molar-refractivity contribution in [1.82, 2.24) is 14.6 Å². The van der Waals surface area contributed by atoms with Crippen molar-refractivity contribution in [2.24, 2.45) is 0 Å². The molecule has 7 nitrogen and oxygen atoms in total. The van der Waals surface area contributed by atoms with Crippen LogP contribution in [0.4, 0.5) is 5.69 Å². The molecule has 3 aromatic rings. The van der Waals surface area contributed by atoms with Gasteiger partial charge in [0.15, 0.2) is 5.65 Å². The van der Waals surface area contributed by atoms with Crippen LogP contribution in [0.5, 0.6) is 5.75 Å². The molecule has 7 heteroatoms. The molecule has 0 saturated heterocycles. The lowest BCUT2D eigenvalue weighted by Crippen LogP contribution is -2.17. The maximum Gasteiger partial charge on any atom is 0.347 e. The van der Waals surface area contributed by atoms with Crippen LogP contribution in [0.15, 0.2) is 47.4 Å². The van der Waals surface area contributed by atoms with Crippen molar-refractivity contribution in [3.05, 3.63) is 58.6 Å². The number of aromatic nitrogens is 3. The van der Waals surface area contributed by atoms with Crippen LogP contribution in [0, 0.1) is 0 Å². The zero-order valence-electron chi connectivity index (χ0n) is 13.6. The molecule has 1 amide bonds. The molecule has 1 aliphatic carbocycles. The van der Waals surface area contributed by atoms with Crippen molar-refractivity contribution in [3.8, 4) is 5.75 Å². The lowest BCUT2D eigenvalue weighted by atomic mass is 10.2. The average Bonchev–Trinajstić information content (AvgIpc) is 3.26. The standard InChI is InChI=1S/C18H18N4O3/c23-17(12-9-10-16-20-21-18(24)22(16)11-12)19-14-7-3-4-8-15(14)25-13-5-1-2-6-13/h3-4,7-11,13H,1-2,5-6H2,(H,19,23)(H,21,24). The molecular weight excluding hydrogens is 320 g/mol. The van der Waals surface area contributed by atoms with Gasteiger partial charge in [-0.2, -0.15) is 5.10 Å². The van der Waals surface area contributed by atoms with Gasteiger partial charge in [0.05, 0.1) is 17.4 Å². The fourth-order valence-electron chi connectivity index (χ4n) is 3.09. The fraction of sp³-hybridized carbons (Fsp3) is 0.278. The number of benzene rings is 1. The molecule has 2 heterocycles. The summed E-state index contributed by atoms with van der Waals surface area (Å²) in [4.78, 5) is 24.2. The minimum absolute atomic E-state index is 0.207. The van der Waals surface area contributed by atoms with E-state index in [0.717, 1.165) is 12.8 Å². The van der Waals surface area contributed by atoms with E-state index in [1.165, 1.54) is 23.4 Å². The van der Waals surface area contributed by atoms with Crippen molar-refractivity contribution in [2.75, 3.05) is 5.32 Å². The molecule has 25 heavy (non-hydrogen) atoms. The first-order chi connectivity index (χ1) is 12.2. The number of pyridine rings is 1. The van der Waals surface area contributed by atoms with E-state index in [4.69, 9.17) is 4.74 Å². The monoisotopic (exact) mass is 338 g/mol. The summed E-state index contributed by atoms with van der Waals surface area (Å²) in [5.41, 5.74) is 1.08. The van der Waals surface area contributed by atoms with Crippen LogP contribution in [0.3, 0.4) is 0 Å². The third-order valence-corrected chi connectivity index (χ3v) is 4.41. The van der Waals surface area contributed by atoms with Gasteiger partial charge >= 0.3 is 5.69 Å². The van der Waals surface area contributed by atoms with Gasteiger partial charge in [-0.1, -0.05) is 12.1 Å². The molecule has 0 atom stereocenters. The predicted molar refractivity (Wildman–Crippen MR) is 93.1 cm³/mol. The number of para-hydroxylation sites is 2. The Hall–Kier alpha value is -3.09. The maximum absolute atomic E-state index is 12.6. The van der Waals surface area contributed by atoms with E-state index in [0.29, 0.717) is 22.6 Å². The fourth-order valence-corrected chi connectivity index (χ4v) is 3.09. The number of rotatable bonds is 4. The van der Waals surface area contributed by atoms with Crippen molar-refractivity contribution < 1.29 is 9.53 Å². The van der Waals surface area contributed by atoms with Gasteiger partial charge in [-0.3, -0.25) is 4.79 Å². The first-order valence-corrected chi connectivity index (χ1v) is 8.34. The zero-order valence-corrected chi connectivity index (χ0v) is 13.6. The third kappa shape index (κ3) is 3.13. The topological polar surface area (TPSA) is 88.5 Å². The number of hydrogen-bond acceptors (Lipinski definition) is 4. The second-order valence-electron chi connectivity index (χ2n) is 6.15. The molecule has 2 N–H and O–H groups in total. The summed E-state index contributed by atoms with van der Waals surface area (Å²) in [7, 11) is 0. The van der Waals surface area contributed by atoms with Gasteiger partial charge in [0.25, 0.3) is 5.91 Å². The van der Waals surface area contributed by atoms with E-state index >= 15 is 0 Å². The Morgan fingerprint density at radius 2 is 2.00 bits per heavy atom. The zero-order chi connectivity index (χ0) is 17.2. The van der Waals surface area contributed by atoms with Crippen LogP contribution in [-0.2, 0) is 0 Å². The number of nitrogens with zero attached hydrogens (tertiary/aromatic N) is 2. The Morgan fingerprint density at radius 1 is 1.20 bits per heavy atom. The average molecular weight is 338 g/mol. The van der Waals surface area contributed by atoms with Gasteiger partial charge in [-0.25, -0.2) is 14.3 Å². The van der Waals surface area contributed by atoms with Crippen LogP contribution in [0.25, 0.3) is 5.65 Å². The van der Waals surface area contributed by atoms with E-state index in [-0.39, 0.29) is 17.7 Å².